The van der Waals surface area contributed by atoms with Crippen molar-refractivity contribution in [1.82, 2.24) is 21.3 Å². The van der Waals surface area contributed by atoms with Crippen molar-refractivity contribution in [2.75, 3.05) is 6.54 Å². The molecule has 14 N–H and O–H groups in total. The Bertz CT molecular complexity index is 1940. The van der Waals surface area contributed by atoms with Crippen LogP contribution in [0.15, 0.2) is 94.4 Å². The summed E-state index contributed by atoms with van der Waals surface area (Å²) in [5.74, 6) is -4.29. The number of amides is 5. The van der Waals surface area contributed by atoms with E-state index in [9.17, 15) is 28.4 Å². The number of guanidine groups is 2. The molecule has 3 aromatic rings. The molecular formula is C41H54FN11O5. The van der Waals surface area contributed by atoms with Crippen LogP contribution in [0.4, 0.5) is 10.1 Å². The van der Waals surface area contributed by atoms with E-state index in [0.717, 1.165) is 5.56 Å². The minimum Gasteiger partial charge on any atom is -0.370 e. The minimum absolute atomic E-state index is 0.0475. The molecule has 310 valence electrons. The summed E-state index contributed by atoms with van der Waals surface area (Å²) < 4.78 is 13.8. The molecule has 0 saturated carbocycles. The van der Waals surface area contributed by atoms with Crippen LogP contribution in [0.3, 0.4) is 0 Å². The zero-order chi connectivity index (χ0) is 42.8. The van der Waals surface area contributed by atoms with E-state index in [2.05, 4.69) is 31.3 Å². The van der Waals surface area contributed by atoms with E-state index in [1.807, 2.05) is 44.2 Å². The molecule has 58 heavy (non-hydrogen) atoms. The number of nitrogens with two attached hydrogens (primary N) is 5. The van der Waals surface area contributed by atoms with Gasteiger partial charge in [-0.05, 0) is 79.1 Å². The number of hydrogen-bond acceptors (Lipinski definition) is 7. The van der Waals surface area contributed by atoms with Gasteiger partial charge in [-0.25, -0.2) is 9.38 Å². The lowest BCUT2D eigenvalue weighted by Gasteiger charge is -2.27. The first-order chi connectivity index (χ1) is 27.5. The average Bonchev–Trinajstić information content (AvgIpc) is 3.16. The van der Waals surface area contributed by atoms with Crippen molar-refractivity contribution in [3.05, 3.63) is 107 Å². The highest BCUT2D eigenvalue weighted by molar-refractivity contribution is 6.01. The van der Waals surface area contributed by atoms with Gasteiger partial charge < -0.3 is 49.9 Å². The summed E-state index contributed by atoms with van der Waals surface area (Å²) in [6.45, 7) is 5.50. The van der Waals surface area contributed by atoms with Crippen molar-refractivity contribution < 1.29 is 28.4 Å². The molecule has 0 spiro atoms. The van der Waals surface area contributed by atoms with Crippen LogP contribution in [-0.4, -0.2) is 72.2 Å². The van der Waals surface area contributed by atoms with Gasteiger partial charge in [-0.1, -0.05) is 68.4 Å². The molecule has 3 rings (SSSR count). The number of hydrogen-bond donors (Lipinski definition) is 9. The van der Waals surface area contributed by atoms with Gasteiger partial charge in [-0.2, -0.15) is 0 Å². The first kappa shape index (κ1) is 45.6. The maximum atomic E-state index is 14.2. The molecule has 0 bridgehead atoms. The molecule has 0 heterocycles. The molecule has 4 atom stereocenters. The zero-order valence-corrected chi connectivity index (χ0v) is 32.9. The Kier molecular flexibility index (Phi) is 17.8. The smallest absolute Gasteiger partial charge is 0.247 e. The van der Waals surface area contributed by atoms with Gasteiger partial charge in [0, 0.05) is 25.0 Å². The van der Waals surface area contributed by atoms with Gasteiger partial charge >= 0.3 is 0 Å². The predicted octanol–water partition coefficient (Wildman–Crippen LogP) is 1.14. The Balaban J connectivity index is 1.95. The van der Waals surface area contributed by atoms with E-state index < -0.39 is 59.5 Å². The fourth-order valence-corrected chi connectivity index (χ4v) is 5.81. The maximum Gasteiger partial charge on any atom is 0.247 e. The second-order valence-electron chi connectivity index (χ2n) is 14.2. The summed E-state index contributed by atoms with van der Waals surface area (Å²) in [6.07, 6.45) is 2.19. The Labute approximate surface area is 337 Å². The number of nitrogens with one attached hydrogen (secondary N) is 4. The summed E-state index contributed by atoms with van der Waals surface area (Å²) in [7, 11) is 0. The van der Waals surface area contributed by atoms with Crippen LogP contribution in [0, 0.1) is 11.7 Å². The Morgan fingerprint density at radius 3 is 1.72 bits per heavy atom. The number of nitrogens with zero attached hydrogens (tertiary/aromatic N) is 2. The number of halogens is 1. The van der Waals surface area contributed by atoms with Gasteiger partial charge in [0.1, 0.15) is 30.0 Å². The second-order valence-corrected chi connectivity index (χ2v) is 14.2. The van der Waals surface area contributed by atoms with Crippen LogP contribution in [0.2, 0.25) is 0 Å². The molecule has 0 saturated heterocycles. The van der Waals surface area contributed by atoms with E-state index >= 15 is 0 Å². The fraction of sp³-hybridized carbons (Fsp3) is 0.341. The third-order valence-electron chi connectivity index (χ3n) is 8.73. The van der Waals surface area contributed by atoms with Crippen LogP contribution in [-0.2, 0) is 36.8 Å². The van der Waals surface area contributed by atoms with Gasteiger partial charge in [0.2, 0.25) is 29.5 Å². The Morgan fingerprint density at radius 1 is 0.672 bits per heavy atom. The third-order valence-corrected chi connectivity index (χ3v) is 8.73. The van der Waals surface area contributed by atoms with Crippen molar-refractivity contribution in [1.29, 1.82) is 0 Å². The van der Waals surface area contributed by atoms with Crippen molar-refractivity contribution >= 4 is 53.2 Å². The first-order valence-electron chi connectivity index (χ1n) is 18.7. The van der Waals surface area contributed by atoms with Crippen molar-refractivity contribution in [2.24, 2.45) is 44.6 Å². The minimum atomic E-state index is -1.29. The topological polar surface area (TPSA) is 288 Å². The lowest BCUT2D eigenvalue weighted by molar-refractivity contribution is -0.134. The van der Waals surface area contributed by atoms with Crippen LogP contribution in [0.25, 0.3) is 6.08 Å². The normalized spacial score (nSPS) is 13.2. The molecule has 3 aromatic carbocycles. The van der Waals surface area contributed by atoms with Crippen LogP contribution < -0.4 is 49.9 Å². The number of primary amides is 1. The standard InChI is InChI=1S/C41H54FN11O5/c1-24(2)20-32(37(56)50-31(35(43)54)10-7-19-48-40(44)45)52-39(58)34(23-28-13-17-30(18-14-28)49-41(46)47)53-38(57)33(22-27-11-15-29(42)16-12-27)51-36(55)25(3)21-26-8-5-4-6-9-26/h4-6,8-9,11-18,21,24,31-34H,7,10,19-20,22-23H2,1-3H3,(H2,43,54)(H,50,56)(H,51,55)(H,52,58)(H,53,57)(H4,44,45,48)(H4,46,47,49)/b25-21+/t31-,32-,33-,34-/m0/s1. The van der Waals surface area contributed by atoms with Crippen molar-refractivity contribution in [2.45, 2.75) is 77.0 Å². The summed E-state index contributed by atoms with van der Waals surface area (Å²) >= 11 is 0. The molecule has 16 nitrogen and oxygen atoms in total. The quantitative estimate of drug-likeness (QED) is 0.0323. The number of aliphatic imine (C=N–C) groups is 2. The average molecular weight is 800 g/mol. The SMILES string of the molecule is C/C(=C\c1ccccc1)C(=O)N[C@@H](Cc1ccc(F)cc1)C(=O)N[C@@H](Cc1ccc(N=C(N)N)cc1)C(=O)N[C@@H](CC(C)C)C(=O)N[C@@H](CCCN=C(N)N)C(N)=O. The van der Waals surface area contributed by atoms with Crippen molar-refractivity contribution in [3.63, 3.8) is 0 Å². The highest BCUT2D eigenvalue weighted by Gasteiger charge is 2.32. The lowest BCUT2D eigenvalue weighted by atomic mass is 9.99. The number of carbonyl (C=O) groups is 5. The largest absolute Gasteiger partial charge is 0.370 e. The monoisotopic (exact) mass is 799 g/mol. The Hall–Kier alpha value is -6.78. The van der Waals surface area contributed by atoms with Gasteiger partial charge in [0.05, 0.1) is 5.69 Å². The van der Waals surface area contributed by atoms with Crippen molar-refractivity contribution in [3.8, 4) is 0 Å². The number of carbonyl (C=O) groups excluding carboxylic acids is 5. The molecule has 0 aliphatic rings. The summed E-state index contributed by atoms with van der Waals surface area (Å²) in [6, 6.07) is 16.4. The summed E-state index contributed by atoms with van der Waals surface area (Å²) in [5, 5.41) is 10.9. The van der Waals surface area contributed by atoms with Crippen LogP contribution in [0.5, 0.6) is 0 Å². The van der Waals surface area contributed by atoms with Gasteiger partial charge in [-0.15, -0.1) is 0 Å². The van der Waals surface area contributed by atoms with Gasteiger partial charge in [0.25, 0.3) is 0 Å². The third kappa shape index (κ3) is 16.1. The van der Waals surface area contributed by atoms with E-state index in [4.69, 9.17) is 28.7 Å². The zero-order valence-electron chi connectivity index (χ0n) is 32.9. The molecule has 0 aliphatic carbocycles. The first-order valence-corrected chi connectivity index (χ1v) is 18.7. The summed E-state index contributed by atoms with van der Waals surface area (Å²) in [5.41, 5.74) is 30.0. The van der Waals surface area contributed by atoms with Crippen LogP contribution in [0.1, 0.15) is 56.7 Å². The fourth-order valence-electron chi connectivity index (χ4n) is 5.81. The maximum absolute atomic E-state index is 14.2. The van der Waals surface area contributed by atoms with Gasteiger partial charge in [-0.3, -0.25) is 29.0 Å². The number of benzene rings is 3. The predicted molar refractivity (Wildman–Crippen MR) is 222 cm³/mol. The van der Waals surface area contributed by atoms with Gasteiger partial charge in [0.15, 0.2) is 11.9 Å². The number of rotatable bonds is 21. The summed E-state index contributed by atoms with van der Waals surface area (Å²) in [4.78, 5) is 75.7. The van der Waals surface area contributed by atoms with E-state index in [-0.39, 0.29) is 50.1 Å². The van der Waals surface area contributed by atoms with E-state index in [0.29, 0.717) is 28.8 Å². The van der Waals surface area contributed by atoms with E-state index in [1.165, 1.54) is 24.3 Å². The Morgan fingerprint density at radius 2 is 1.19 bits per heavy atom. The highest BCUT2D eigenvalue weighted by atomic mass is 19.1. The molecule has 0 radical (unpaired) electrons. The molecule has 17 heteroatoms. The lowest BCUT2D eigenvalue weighted by Crippen LogP contribution is -2.59. The molecular weight excluding hydrogens is 746 g/mol. The molecule has 5 amide bonds. The molecule has 0 unspecified atom stereocenters. The molecule has 0 fully saturated rings. The van der Waals surface area contributed by atoms with E-state index in [1.54, 1.807) is 37.3 Å². The second kappa shape index (κ2) is 22.7. The molecule has 0 aromatic heterocycles. The van der Waals surface area contributed by atoms with Crippen LogP contribution >= 0.6 is 0 Å². The highest BCUT2D eigenvalue weighted by Crippen LogP contribution is 2.16. The molecule has 0 aliphatic heterocycles.